The zero-order chi connectivity index (χ0) is 40.0. The number of hydrogen-bond donors (Lipinski definition) is 2. The van der Waals surface area contributed by atoms with Crippen LogP contribution >= 0.6 is 7.82 Å². The third kappa shape index (κ3) is 38.2. The molecule has 0 aliphatic heterocycles. The van der Waals surface area contributed by atoms with Crippen LogP contribution in [0.4, 0.5) is 0 Å². The molecule has 0 aromatic carbocycles. The number of hydrogen-bond acceptors (Lipinski definition) is 6. The van der Waals surface area contributed by atoms with Gasteiger partial charge in [-0.2, -0.15) is 0 Å². The fraction of sp³-hybridized carbons (Fsp3) is 0.711. The second kappa shape index (κ2) is 36.6. The van der Waals surface area contributed by atoms with Gasteiger partial charge in [0.25, 0.3) is 7.82 Å². The first-order valence-corrected chi connectivity index (χ1v) is 22.8. The van der Waals surface area contributed by atoms with Crippen LogP contribution < -0.4 is 10.2 Å². The summed E-state index contributed by atoms with van der Waals surface area (Å²) in [6, 6.07) is -0.949. The van der Waals surface area contributed by atoms with Crippen molar-refractivity contribution < 1.29 is 32.9 Å². The van der Waals surface area contributed by atoms with Gasteiger partial charge in [-0.15, -0.1) is 0 Å². The van der Waals surface area contributed by atoms with Crippen LogP contribution in [0.25, 0.3) is 0 Å². The van der Waals surface area contributed by atoms with E-state index in [4.69, 9.17) is 9.05 Å². The Kier molecular flexibility index (Phi) is 35.2. The molecule has 0 aromatic rings. The van der Waals surface area contributed by atoms with Gasteiger partial charge >= 0.3 is 0 Å². The second-order valence-corrected chi connectivity index (χ2v) is 16.8. The summed E-state index contributed by atoms with van der Waals surface area (Å²) in [5.74, 6) is -0.273. The molecule has 0 spiro atoms. The number of nitrogens with one attached hydrogen (secondary N) is 1. The van der Waals surface area contributed by atoms with E-state index >= 15 is 0 Å². The monoisotopic (exact) mass is 777 g/mol. The topological polar surface area (TPSA) is 108 Å². The molecule has 9 heteroatoms. The smallest absolute Gasteiger partial charge is 0.268 e. The average molecular weight is 777 g/mol. The van der Waals surface area contributed by atoms with Crippen molar-refractivity contribution in [1.82, 2.24) is 5.32 Å². The number of nitrogens with zero attached hydrogens (tertiary/aromatic N) is 1. The number of allylic oxidation sites excluding steroid dienone is 11. The minimum Gasteiger partial charge on any atom is -0.756 e. The summed E-state index contributed by atoms with van der Waals surface area (Å²) in [6.45, 7) is 4.51. The highest BCUT2D eigenvalue weighted by Crippen LogP contribution is 2.38. The van der Waals surface area contributed by atoms with Gasteiger partial charge in [-0.1, -0.05) is 164 Å². The summed E-state index contributed by atoms with van der Waals surface area (Å²) in [5.41, 5.74) is 0. The molecule has 0 radical (unpaired) electrons. The van der Waals surface area contributed by atoms with E-state index in [2.05, 4.69) is 73.8 Å². The number of aliphatic hydroxyl groups is 1. The van der Waals surface area contributed by atoms with Crippen molar-refractivity contribution in [3.05, 3.63) is 72.9 Å². The molecule has 0 saturated carbocycles. The maximum absolute atomic E-state index is 12.8. The highest BCUT2D eigenvalue weighted by atomic mass is 31.2. The molecule has 0 heterocycles. The molecule has 3 atom stereocenters. The Morgan fingerprint density at radius 2 is 1.13 bits per heavy atom. The van der Waals surface area contributed by atoms with Crippen LogP contribution in [0.1, 0.15) is 155 Å². The van der Waals surface area contributed by atoms with Gasteiger partial charge in [0.2, 0.25) is 5.91 Å². The standard InChI is InChI=1S/C45H81N2O6P/c1-6-8-10-12-14-16-18-19-20-21-22-23-24-25-26-27-29-31-33-35-37-39-45(49)46-43(42-53-54(50,51)52-41-40-47(3,4)5)44(48)38-36-34-32-30-28-17-15-13-11-9-7-2/h20-21,23-24,26-27,31-34,36,38,43-44,48H,6-19,22,25,28-30,35,37,39-42H2,1-5H3,(H-,46,49,50,51)/b21-20+,24-23+,27-26+,33-31+,34-32+,38-36+/t43-,44+/m0/s1. The van der Waals surface area contributed by atoms with Crippen molar-refractivity contribution >= 4 is 13.7 Å². The zero-order valence-electron chi connectivity index (χ0n) is 35.1. The lowest BCUT2D eigenvalue weighted by atomic mass is 10.1. The minimum atomic E-state index is -4.61. The van der Waals surface area contributed by atoms with Crippen molar-refractivity contribution in [2.24, 2.45) is 0 Å². The van der Waals surface area contributed by atoms with Crippen LogP contribution in [-0.2, 0) is 18.4 Å². The van der Waals surface area contributed by atoms with E-state index in [-0.39, 0.29) is 18.9 Å². The molecule has 1 unspecified atom stereocenters. The predicted octanol–water partition coefficient (Wildman–Crippen LogP) is 11.0. The Hall–Kier alpha value is -2.06. The zero-order valence-corrected chi connectivity index (χ0v) is 36.0. The molecule has 0 saturated heterocycles. The summed E-state index contributed by atoms with van der Waals surface area (Å²) >= 11 is 0. The Bertz CT molecular complexity index is 1110. The lowest BCUT2D eigenvalue weighted by Crippen LogP contribution is -2.45. The van der Waals surface area contributed by atoms with Crippen LogP contribution in [0.3, 0.4) is 0 Å². The molecule has 0 aliphatic carbocycles. The molecule has 8 nitrogen and oxygen atoms in total. The van der Waals surface area contributed by atoms with Gasteiger partial charge in [-0.3, -0.25) is 9.36 Å². The largest absolute Gasteiger partial charge is 0.756 e. The van der Waals surface area contributed by atoms with Crippen LogP contribution in [-0.4, -0.2) is 68.5 Å². The minimum absolute atomic E-state index is 0.0229. The number of rotatable bonds is 37. The lowest BCUT2D eigenvalue weighted by molar-refractivity contribution is -0.870. The molecular formula is C45H81N2O6P. The third-order valence-electron chi connectivity index (χ3n) is 8.94. The third-order valence-corrected chi connectivity index (χ3v) is 9.91. The van der Waals surface area contributed by atoms with E-state index < -0.39 is 26.6 Å². The molecule has 0 aliphatic rings. The van der Waals surface area contributed by atoms with Crippen LogP contribution in [0.2, 0.25) is 0 Å². The molecule has 0 rings (SSSR count). The van der Waals surface area contributed by atoms with Gasteiger partial charge in [0, 0.05) is 6.42 Å². The summed E-state index contributed by atoms with van der Waals surface area (Å²) in [4.78, 5) is 25.2. The number of aliphatic hydroxyl groups excluding tert-OH is 1. The highest BCUT2D eigenvalue weighted by Gasteiger charge is 2.23. The molecule has 0 fully saturated rings. The molecule has 2 N–H and O–H groups in total. The van der Waals surface area contributed by atoms with E-state index in [1.54, 1.807) is 12.2 Å². The number of carbonyl (C=O) groups excluding carboxylic acids is 1. The Labute approximate surface area is 332 Å². The maximum Gasteiger partial charge on any atom is 0.268 e. The van der Waals surface area contributed by atoms with Gasteiger partial charge < -0.3 is 28.8 Å². The Balaban J connectivity index is 4.56. The van der Waals surface area contributed by atoms with Crippen molar-refractivity contribution in [1.29, 1.82) is 0 Å². The molecular weight excluding hydrogens is 695 g/mol. The Morgan fingerprint density at radius 1 is 0.667 bits per heavy atom. The van der Waals surface area contributed by atoms with Gasteiger partial charge in [0.1, 0.15) is 13.2 Å². The number of likely N-dealkylation sites (N-methyl/N-ethyl adjacent to an activating group) is 1. The number of amides is 1. The van der Waals surface area contributed by atoms with Crippen LogP contribution in [0.15, 0.2) is 72.9 Å². The normalized spacial score (nSPS) is 15.2. The Morgan fingerprint density at radius 3 is 1.65 bits per heavy atom. The fourth-order valence-electron chi connectivity index (χ4n) is 5.49. The van der Waals surface area contributed by atoms with Crippen molar-refractivity contribution in [3.8, 4) is 0 Å². The van der Waals surface area contributed by atoms with Crippen molar-refractivity contribution in [2.75, 3.05) is 40.9 Å². The first-order valence-electron chi connectivity index (χ1n) is 21.3. The number of phosphoric acid groups is 1. The van der Waals surface area contributed by atoms with Gasteiger partial charge in [0.05, 0.1) is 39.9 Å². The number of phosphoric ester groups is 1. The number of carbonyl (C=O) groups is 1. The maximum atomic E-state index is 12.8. The molecule has 54 heavy (non-hydrogen) atoms. The summed E-state index contributed by atoms with van der Waals surface area (Å²) in [6.07, 6.45) is 48.3. The molecule has 1 amide bonds. The van der Waals surface area contributed by atoms with Gasteiger partial charge in [0.15, 0.2) is 0 Å². The van der Waals surface area contributed by atoms with E-state index in [0.29, 0.717) is 17.4 Å². The first-order chi connectivity index (χ1) is 26.0. The van der Waals surface area contributed by atoms with E-state index in [1.165, 1.54) is 89.9 Å². The SMILES string of the molecule is CCCCCCCCC/C=C/C=C/[C@@H](O)[C@H](COP(=O)([O-])OCC[N+](C)(C)C)NC(=O)CCC/C=C/C/C=C/C/C=C/C/C=C/CCCCCCCCC. The fourth-order valence-corrected chi connectivity index (χ4v) is 6.22. The summed E-state index contributed by atoms with van der Waals surface area (Å²) in [7, 11) is 1.19. The lowest BCUT2D eigenvalue weighted by Gasteiger charge is -2.29. The van der Waals surface area contributed by atoms with E-state index in [1.807, 2.05) is 27.2 Å². The van der Waals surface area contributed by atoms with Gasteiger partial charge in [-0.25, -0.2) is 0 Å². The highest BCUT2D eigenvalue weighted by molar-refractivity contribution is 7.45. The van der Waals surface area contributed by atoms with E-state index in [0.717, 1.165) is 38.5 Å². The molecule has 0 aromatic heterocycles. The van der Waals surface area contributed by atoms with Crippen LogP contribution in [0.5, 0.6) is 0 Å². The van der Waals surface area contributed by atoms with E-state index in [9.17, 15) is 19.4 Å². The van der Waals surface area contributed by atoms with Crippen molar-refractivity contribution in [2.45, 2.75) is 167 Å². The quantitative estimate of drug-likeness (QED) is 0.0214. The van der Waals surface area contributed by atoms with Crippen LogP contribution in [0, 0.1) is 0 Å². The van der Waals surface area contributed by atoms with Gasteiger partial charge in [-0.05, 0) is 57.8 Å². The summed E-state index contributed by atoms with van der Waals surface area (Å²) in [5, 5.41) is 13.6. The summed E-state index contributed by atoms with van der Waals surface area (Å²) < 4.78 is 23.0. The second-order valence-electron chi connectivity index (χ2n) is 15.4. The van der Waals surface area contributed by atoms with Crippen molar-refractivity contribution in [3.63, 3.8) is 0 Å². The average Bonchev–Trinajstić information content (AvgIpc) is 3.12. The molecule has 0 bridgehead atoms. The predicted molar refractivity (Wildman–Crippen MR) is 228 cm³/mol. The molecule has 312 valence electrons. The number of quaternary nitrogens is 1. The number of unbranched alkanes of at least 4 members (excludes halogenated alkanes) is 15. The first kappa shape index (κ1) is 51.9.